The fraction of sp³-hybridized carbons (Fsp3) is 0.0667. The molecule has 2 aromatic rings. The number of carbonyl (C=O) groups is 1. The Morgan fingerprint density at radius 2 is 1.95 bits per heavy atom. The highest BCUT2D eigenvalue weighted by Gasteiger charge is 2.12. The highest BCUT2D eigenvalue weighted by atomic mass is 35.5. The molecule has 1 amide bonds. The van der Waals surface area contributed by atoms with Crippen molar-refractivity contribution in [1.29, 1.82) is 5.26 Å². The van der Waals surface area contributed by atoms with Crippen LogP contribution in [0, 0.1) is 11.3 Å². The summed E-state index contributed by atoms with van der Waals surface area (Å²) in [7, 11) is 1.75. The fourth-order valence-electron chi connectivity index (χ4n) is 1.78. The maximum Gasteiger partial charge on any atom is 0.257 e. The Hall–Kier alpha value is -2.51. The molecule has 2 aromatic carbocycles. The van der Waals surface area contributed by atoms with Crippen LogP contribution in [0.1, 0.15) is 15.9 Å². The number of anilines is 2. The van der Waals surface area contributed by atoms with Crippen LogP contribution in [0.4, 0.5) is 11.4 Å². The quantitative estimate of drug-likeness (QED) is 0.907. The Labute approximate surface area is 122 Å². The second-order valence-corrected chi connectivity index (χ2v) is 4.46. The summed E-state index contributed by atoms with van der Waals surface area (Å²) in [5, 5.41) is 14.9. The third-order valence-electron chi connectivity index (χ3n) is 2.78. The van der Waals surface area contributed by atoms with Crippen molar-refractivity contribution in [2.24, 2.45) is 0 Å². The molecule has 0 aliphatic rings. The van der Waals surface area contributed by atoms with Crippen LogP contribution >= 0.6 is 11.6 Å². The summed E-state index contributed by atoms with van der Waals surface area (Å²) >= 11 is 6.02. The zero-order valence-electron chi connectivity index (χ0n) is 10.8. The smallest absolute Gasteiger partial charge is 0.257 e. The third-order valence-corrected chi connectivity index (χ3v) is 3.11. The lowest BCUT2D eigenvalue weighted by atomic mass is 10.1. The van der Waals surface area contributed by atoms with Crippen LogP contribution in [0.2, 0.25) is 5.02 Å². The molecular weight excluding hydrogens is 274 g/mol. The molecule has 100 valence electrons. The van der Waals surface area contributed by atoms with E-state index in [1.807, 2.05) is 18.2 Å². The summed E-state index contributed by atoms with van der Waals surface area (Å²) in [5.74, 6) is -0.285. The van der Waals surface area contributed by atoms with Gasteiger partial charge in [-0.15, -0.1) is 0 Å². The molecule has 0 aliphatic heterocycles. The van der Waals surface area contributed by atoms with Crippen LogP contribution in [-0.4, -0.2) is 13.0 Å². The Morgan fingerprint density at radius 1 is 1.20 bits per heavy atom. The van der Waals surface area contributed by atoms with Crippen LogP contribution in [0.15, 0.2) is 42.5 Å². The third kappa shape index (κ3) is 2.90. The van der Waals surface area contributed by atoms with Crippen molar-refractivity contribution in [3.63, 3.8) is 0 Å². The molecule has 0 spiro atoms. The van der Waals surface area contributed by atoms with Crippen molar-refractivity contribution < 1.29 is 4.79 Å². The minimum Gasteiger partial charge on any atom is -0.387 e. The van der Waals surface area contributed by atoms with Gasteiger partial charge in [-0.05, 0) is 30.3 Å². The average Bonchev–Trinajstić information content (AvgIpc) is 2.49. The number of halogens is 1. The Bertz CT molecular complexity index is 692. The van der Waals surface area contributed by atoms with E-state index in [1.54, 1.807) is 37.4 Å². The molecule has 5 heteroatoms. The van der Waals surface area contributed by atoms with Crippen molar-refractivity contribution >= 4 is 28.9 Å². The Morgan fingerprint density at radius 3 is 2.65 bits per heavy atom. The van der Waals surface area contributed by atoms with Crippen molar-refractivity contribution in [2.45, 2.75) is 0 Å². The Kier molecular flexibility index (Phi) is 4.24. The van der Waals surface area contributed by atoms with Gasteiger partial charge in [0, 0.05) is 12.7 Å². The molecule has 0 aromatic heterocycles. The highest BCUT2D eigenvalue weighted by molar-refractivity contribution is 6.34. The molecule has 0 radical (unpaired) electrons. The van der Waals surface area contributed by atoms with E-state index in [0.717, 1.165) is 5.69 Å². The second-order valence-electron chi connectivity index (χ2n) is 4.06. The summed E-state index contributed by atoms with van der Waals surface area (Å²) < 4.78 is 0. The van der Waals surface area contributed by atoms with Crippen LogP contribution in [0.3, 0.4) is 0 Å². The first kappa shape index (κ1) is 13.9. The normalized spacial score (nSPS) is 9.65. The van der Waals surface area contributed by atoms with Gasteiger partial charge in [-0.2, -0.15) is 5.26 Å². The molecule has 0 saturated heterocycles. The minimum absolute atomic E-state index is 0.285. The van der Waals surface area contributed by atoms with Crippen molar-refractivity contribution in [3.05, 3.63) is 58.6 Å². The number of nitriles is 1. The minimum atomic E-state index is -0.285. The van der Waals surface area contributed by atoms with E-state index in [4.69, 9.17) is 16.9 Å². The predicted octanol–water partition coefficient (Wildman–Crippen LogP) is 3.51. The summed E-state index contributed by atoms with van der Waals surface area (Å²) in [5.41, 5.74) is 2.08. The molecular formula is C15H12ClN3O. The summed E-state index contributed by atoms with van der Waals surface area (Å²) in [6, 6.07) is 13.9. The van der Waals surface area contributed by atoms with Gasteiger partial charge in [-0.3, -0.25) is 4.79 Å². The maximum atomic E-state index is 12.3. The first-order chi connectivity index (χ1) is 9.65. The molecule has 0 fully saturated rings. The fourth-order valence-corrected chi connectivity index (χ4v) is 1.94. The number of para-hydroxylation sites is 1. The number of rotatable bonds is 3. The molecule has 20 heavy (non-hydrogen) atoms. The maximum absolute atomic E-state index is 12.3. The van der Waals surface area contributed by atoms with Crippen LogP contribution < -0.4 is 10.6 Å². The lowest BCUT2D eigenvalue weighted by Crippen LogP contribution is -2.14. The van der Waals surface area contributed by atoms with Crippen LogP contribution in [-0.2, 0) is 0 Å². The van der Waals surface area contributed by atoms with E-state index in [9.17, 15) is 4.79 Å². The molecule has 0 aliphatic carbocycles. The number of nitrogens with one attached hydrogen (secondary N) is 2. The van der Waals surface area contributed by atoms with Gasteiger partial charge in [0.1, 0.15) is 0 Å². The van der Waals surface area contributed by atoms with E-state index in [0.29, 0.717) is 21.8 Å². The first-order valence-corrected chi connectivity index (χ1v) is 6.31. The molecule has 0 unspecified atom stereocenters. The van der Waals surface area contributed by atoms with Gasteiger partial charge in [0.2, 0.25) is 0 Å². The lowest BCUT2D eigenvalue weighted by molar-refractivity contribution is 0.102. The van der Waals surface area contributed by atoms with Gasteiger partial charge in [-0.25, -0.2) is 0 Å². The molecule has 0 atom stereocenters. The average molecular weight is 286 g/mol. The van der Waals surface area contributed by atoms with E-state index >= 15 is 0 Å². The summed E-state index contributed by atoms with van der Waals surface area (Å²) in [6.45, 7) is 0. The topological polar surface area (TPSA) is 64.9 Å². The summed E-state index contributed by atoms with van der Waals surface area (Å²) in [4.78, 5) is 12.3. The molecule has 4 nitrogen and oxygen atoms in total. The molecule has 2 N–H and O–H groups in total. The van der Waals surface area contributed by atoms with Gasteiger partial charge >= 0.3 is 0 Å². The van der Waals surface area contributed by atoms with Crippen molar-refractivity contribution in [3.8, 4) is 6.07 Å². The van der Waals surface area contributed by atoms with E-state index < -0.39 is 0 Å². The van der Waals surface area contributed by atoms with Crippen LogP contribution in [0.25, 0.3) is 0 Å². The zero-order chi connectivity index (χ0) is 14.5. The predicted molar refractivity (Wildman–Crippen MR) is 80.1 cm³/mol. The van der Waals surface area contributed by atoms with Gasteiger partial charge < -0.3 is 10.6 Å². The molecule has 0 saturated carbocycles. The number of carbonyl (C=O) groups excluding carboxylic acids is 1. The van der Waals surface area contributed by atoms with Crippen molar-refractivity contribution in [2.75, 3.05) is 17.7 Å². The zero-order valence-corrected chi connectivity index (χ0v) is 11.5. The molecule has 0 bridgehead atoms. The standard InChI is InChI=1S/C15H12ClN3O/c1-18-13-5-3-2-4-11(13)15(20)19-14-8-10(9-17)6-7-12(14)16/h2-8,18H,1H3,(H,19,20). The Balaban J connectivity index is 2.30. The largest absolute Gasteiger partial charge is 0.387 e. The van der Waals surface area contributed by atoms with Gasteiger partial charge in [0.15, 0.2) is 0 Å². The SMILES string of the molecule is CNc1ccccc1C(=O)Nc1cc(C#N)ccc1Cl. The number of nitrogens with zero attached hydrogens (tertiary/aromatic N) is 1. The van der Waals surface area contributed by atoms with Crippen LogP contribution in [0.5, 0.6) is 0 Å². The number of hydrogen-bond donors (Lipinski definition) is 2. The monoisotopic (exact) mass is 285 g/mol. The highest BCUT2D eigenvalue weighted by Crippen LogP contribution is 2.24. The first-order valence-electron chi connectivity index (χ1n) is 5.93. The summed E-state index contributed by atoms with van der Waals surface area (Å²) in [6.07, 6.45) is 0. The number of amides is 1. The van der Waals surface area contributed by atoms with Crippen molar-refractivity contribution in [1.82, 2.24) is 0 Å². The van der Waals surface area contributed by atoms with E-state index in [1.165, 1.54) is 0 Å². The number of benzene rings is 2. The van der Waals surface area contributed by atoms with Gasteiger partial charge in [0.05, 0.1) is 27.9 Å². The molecule has 0 heterocycles. The van der Waals surface area contributed by atoms with E-state index in [-0.39, 0.29) is 5.91 Å². The van der Waals surface area contributed by atoms with E-state index in [2.05, 4.69) is 10.6 Å². The number of hydrogen-bond acceptors (Lipinski definition) is 3. The lowest BCUT2D eigenvalue weighted by Gasteiger charge is -2.10. The van der Waals surface area contributed by atoms with Gasteiger partial charge in [-0.1, -0.05) is 23.7 Å². The van der Waals surface area contributed by atoms with Gasteiger partial charge in [0.25, 0.3) is 5.91 Å². The second kappa shape index (κ2) is 6.09. The molecule has 2 rings (SSSR count).